The first-order chi connectivity index (χ1) is 18.2. The average Bonchev–Trinajstić information content (AvgIpc) is 3.62. The highest BCUT2D eigenvalue weighted by atomic mass is 14.5. The van der Waals surface area contributed by atoms with Gasteiger partial charge in [0.05, 0.1) is 0 Å². The molecular weight excluding hydrogens is 456 g/mol. The van der Waals surface area contributed by atoms with Crippen molar-refractivity contribution in [2.24, 2.45) is 71.0 Å². The molecule has 0 radical (unpaired) electrons. The first-order valence-electron chi connectivity index (χ1n) is 18.2. The Kier molecular flexibility index (Phi) is 14.1. The van der Waals surface area contributed by atoms with Crippen LogP contribution in [0.15, 0.2) is 0 Å². The van der Waals surface area contributed by atoms with Gasteiger partial charge in [-0.05, 0) is 116 Å². The van der Waals surface area contributed by atoms with Crippen LogP contribution in [0.25, 0.3) is 0 Å². The van der Waals surface area contributed by atoms with Gasteiger partial charge in [-0.15, -0.1) is 0 Å². The maximum Gasteiger partial charge on any atom is -0.0357 e. The Balaban J connectivity index is 1.44. The van der Waals surface area contributed by atoms with Crippen LogP contribution < -0.4 is 0 Å². The molecule has 12 unspecified atom stereocenters. The number of hydrogen-bond donors (Lipinski definition) is 0. The molecule has 0 nitrogen and oxygen atoms in total. The van der Waals surface area contributed by atoms with E-state index in [2.05, 4.69) is 55.4 Å². The zero-order chi connectivity index (χ0) is 27.7. The van der Waals surface area contributed by atoms with Crippen molar-refractivity contribution in [2.75, 3.05) is 0 Å². The second-order valence-corrected chi connectivity index (χ2v) is 16.0. The lowest BCUT2D eigenvalue weighted by atomic mass is 9.59. The zero-order valence-corrected chi connectivity index (χ0v) is 27.7. The van der Waals surface area contributed by atoms with E-state index in [1.807, 2.05) is 0 Å². The predicted octanol–water partition coefficient (Wildman–Crippen LogP) is 12.6. The third kappa shape index (κ3) is 10.1. The van der Waals surface area contributed by atoms with E-state index in [9.17, 15) is 0 Å². The molecule has 3 fully saturated rings. The summed E-state index contributed by atoms with van der Waals surface area (Å²) < 4.78 is 0. The number of rotatable bonds is 17. The van der Waals surface area contributed by atoms with E-state index in [4.69, 9.17) is 0 Å². The molecule has 224 valence electrons. The van der Waals surface area contributed by atoms with Crippen molar-refractivity contribution in [3.63, 3.8) is 0 Å². The minimum absolute atomic E-state index is 0.896. The van der Waals surface area contributed by atoms with Gasteiger partial charge in [-0.25, -0.2) is 0 Å². The molecule has 38 heavy (non-hydrogen) atoms. The molecule has 0 saturated heterocycles. The standard InChI is InChI=1S/C38H72/c1-9-12-13-15-29(6)31(8)34(11-3)21-28(5)22-37-23-30(7)38(37)25-32-17-16-27(4)20-33(19-18-32)24-36-26-35(36)14-10-2/h27-38H,9-26H2,1-8H3. The third-order valence-corrected chi connectivity index (χ3v) is 12.6. The maximum absolute atomic E-state index is 2.61. The molecule has 0 aromatic rings. The third-order valence-electron chi connectivity index (χ3n) is 12.6. The molecule has 0 heterocycles. The van der Waals surface area contributed by atoms with Crippen molar-refractivity contribution in [1.29, 1.82) is 0 Å². The largest absolute Gasteiger partial charge is 0.0654 e. The van der Waals surface area contributed by atoms with Crippen LogP contribution in [0.5, 0.6) is 0 Å². The van der Waals surface area contributed by atoms with Gasteiger partial charge in [-0.3, -0.25) is 0 Å². The second kappa shape index (κ2) is 16.4. The van der Waals surface area contributed by atoms with Gasteiger partial charge in [0.2, 0.25) is 0 Å². The van der Waals surface area contributed by atoms with Gasteiger partial charge >= 0.3 is 0 Å². The van der Waals surface area contributed by atoms with Crippen LogP contribution in [-0.4, -0.2) is 0 Å². The van der Waals surface area contributed by atoms with Crippen molar-refractivity contribution in [3.05, 3.63) is 0 Å². The summed E-state index contributed by atoms with van der Waals surface area (Å²) in [6.07, 6.45) is 26.9. The van der Waals surface area contributed by atoms with Gasteiger partial charge < -0.3 is 0 Å². The van der Waals surface area contributed by atoms with E-state index in [-0.39, 0.29) is 0 Å². The van der Waals surface area contributed by atoms with Gasteiger partial charge in [0, 0.05) is 0 Å². The summed E-state index contributed by atoms with van der Waals surface area (Å²) in [7, 11) is 0. The highest BCUT2D eigenvalue weighted by molar-refractivity contribution is 4.91. The van der Waals surface area contributed by atoms with Crippen LogP contribution >= 0.6 is 0 Å². The quantitative estimate of drug-likeness (QED) is 0.165. The highest BCUT2D eigenvalue weighted by Gasteiger charge is 2.41. The fourth-order valence-corrected chi connectivity index (χ4v) is 9.65. The smallest absolute Gasteiger partial charge is 0.0357 e. The lowest BCUT2D eigenvalue weighted by molar-refractivity contribution is 0.0326. The molecule has 3 saturated carbocycles. The summed E-state index contributed by atoms with van der Waals surface area (Å²) >= 11 is 0. The van der Waals surface area contributed by atoms with Crippen molar-refractivity contribution in [3.8, 4) is 0 Å². The van der Waals surface area contributed by atoms with E-state index in [0.717, 1.165) is 71.0 Å². The summed E-state index contributed by atoms with van der Waals surface area (Å²) in [5, 5.41) is 0. The normalized spacial score (nSPS) is 36.9. The fraction of sp³-hybridized carbons (Fsp3) is 1.00. The lowest BCUT2D eigenvalue weighted by Crippen LogP contribution is -2.38. The molecular formula is C38H72. The molecule has 0 aliphatic heterocycles. The van der Waals surface area contributed by atoms with Crippen LogP contribution in [0.4, 0.5) is 0 Å². The zero-order valence-electron chi connectivity index (χ0n) is 27.7. The Morgan fingerprint density at radius 1 is 0.711 bits per heavy atom. The second-order valence-electron chi connectivity index (χ2n) is 16.0. The SMILES string of the molecule is CCCCCC(C)C(C)C(CC)CC(C)CC1CC(C)C1CC1CCC(C)CC(CC2CC2CCC)CC1. The van der Waals surface area contributed by atoms with Crippen LogP contribution in [0.3, 0.4) is 0 Å². The summed E-state index contributed by atoms with van der Waals surface area (Å²) in [4.78, 5) is 0. The molecule has 3 aliphatic carbocycles. The van der Waals surface area contributed by atoms with Gasteiger partial charge in [0.25, 0.3) is 0 Å². The number of hydrogen-bond acceptors (Lipinski definition) is 0. The summed E-state index contributed by atoms with van der Waals surface area (Å²) in [5.41, 5.74) is 0. The summed E-state index contributed by atoms with van der Waals surface area (Å²) in [5.74, 6) is 12.0. The maximum atomic E-state index is 2.61. The Hall–Kier alpha value is 0. The summed E-state index contributed by atoms with van der Waals surface area (Å²) in [6, 6.07) is 0. The molecule has 0 bridgehead atoms. The van der Waals surface area contributed by atoms with E-state index in [0.29, 0.717) is 0 Å². The van der Waals surface area contributed by atoms with E-state index in [1.165, 1.54) is 83.5 Å². The van der Waals surface area contributed by atoms with Crippen molar-refractivity contribution < 1.29 is 0 Å². The van der Waals surface area contributed by atoms with Crippen LogP contribution in [0.2, 0.25) is 0 Å². The molecule has 0 aromatic carbocycles. The van der Waals surface area contributed by atoms with Crippen molar-refractivity contribution >= 4 is 0 Å². The van der Waals surface area contributed by atoms with Crippen LogP contribution in [-0.2, 0) is 0 Å². The number of unbranched alkanes of at least 4 members (excludes halogenated alkanes) is 2. The Morgan fingerprint density at radius 2 is 1.45 bits per heavy atom. The monoisotopic (exact) mass is 529 g/mol. The Labute approximate surface area is 241 Å². The van der Waals surface area contributed by atoms with E-state index in [1.54, 1.807) is 32.1 Å². The predicted molar refractivity (Wildman–Crippen MR) is 170 cm³/mol. The topological polar surface area (TPSA) is 0 Å². The molecule has 0 aromatic heterocycles. The average molecular weight is 529 g/mol. The molecule has 3 aliphatic rings. The van der Waals surface area contributed by atoms with Crippen LogP contribution in [0, 0.1) is 71.0 Å². The molecule has 12 atom stereocenters. The summed E-state index contributed by atoms with van der Waals surface area (Å²) in [6.45, 7) is 20.1. The minimum Gasteiger partial charge on any atom is -0.0654 e. The molecule has 0 N–H and O–H groups in total. The van der Waals surface area contributed by atoms with Gasteiger partial charge in [0.1, 0.15) is 0 Å². The van der Waals surface area contributed by atoms with Crippen LogP contribution in [0.1, 0.15) is 171 Å². The van der Waals surface area contributed by atoms with Gasteiger partial charge in [0.15, 0.2) is 0 Å². The first kappa shape index (κ1) is 32.5. The molecule has 0 spiro atoms. The van der Waals surface area contributed by atoms with Crippen molar-refractivity contribution in [1.82, 2.24) is 0 Å². The lowest BCUT2D eigenvalue weighted by Gasteiger charge is -2.47. The fourth-order valence-electron chi connectivity index (χ4n) is 9.65. The van der Waals surface area contributed by atoms with E-state index >= 15 is 0 Å². The van der Waals surface area contributed by atoms with Crippen molar-refractivity contribution in [2.45, 2.75) is 171 Å². The molecule has 3 rings (SSSR count). The van der Waals surface area contributed by atoms with Gasteiger partial charge in [-0.2, -0.15) is 0 Å². The molecule has 0 amide bonds. The highest BCUT2D eigenvalue weighted by Crippen LogP contribution is 2.51. The van der Waals surface area contributed by atoms with Gasteiger partial charge in [-0.1, -0.05) is 126 Å². The Bertz CT molecular complexity index is 622. The Morgan fingerprint density at radius 3 is 2.13 bits per heavy atom. The molecule has 0 heteroatoms. The minimum atomic E-state index is 0.896. The van der Waals surface area contributed by atoms with E-state index < -0.39 is 0 Å². The first-order valence-corrected chi connectivity index (χ1v) is 18.2.